The lowest BCUT2D eigenvalue weighted by molar-refractivity contribution is -0.147. The molecule has 0 fully saturated rings. The molecule has 0 saturated heterocycles. The van der Waals surface area contributed by atoms with Crippen molar-refractivity contribution in [2.24, 2.45) is 0 Å². The molecule has 1 rings (SSSR count). The predicted molar refractivity (Wildman–Crippen MR) is 55.2 cm³/mol. The number of hydrogen-bond donors (Lipinski definition) is 1. The van der Waals surface area contributed by atoms with Gasteiger partial charge in [0.1, 0.15) is 12.2 Å². The summed E-state index contributed by atoms with van der Waals surface area (Å²) in [5.41, 5.74) is 0. The highest BCUT2D eigenvalue weighted by atomic mass is 16.5. The molecule has 0 atom stereocenters. The minimum atomic E-state index is -0.123. The van der Waals surface area contributed by atoms with E-state index >= 15 is 0 Å². The molecule has 1 heterocycles. The second-order valence-electron chi connectivity index (χ2n) is 3.68. The average Bonchev–Trinajstić information content (AvgIpc) is 2.63. The lowest BCUT2D eigenvalue weighted by Crippen LogP contribution is -2.10. The van der Waals surface area contributed by atoms with Crippen LogP contribution >= 0.6 is 0 Å². The molecule has 0 amide bonds. The van der Waals surface area contributed by atoms with Gasteiger partial charge >= 0.3 is 5.97 Å². The number of ether oxygens (including phenoxy) is 1. The smallest absolute Gasteiger partial charge is 0.306 e. The van der Waals surface area contributed by atoms with Gasteiger partial charge in [0.05, 0.1) is 6.10 Å². The van der Waals surface area contributed by atoms with Crippen molar-refractivity contribution >= 4 is 5.97 Å². The number of aromatic amines is 1. The third-order valence-corrected chi connectivity index (χ3v) is 1.88. The zero-order valence-electron chi connectivity index (χ0n) is 9.19. The molecule has 0 aromatic carbocycles. The topological polar surface area (TPSA) is 67.9 Å². The number of carbonyl (C=O) groups excluding carboxylic acids is 1. The molecule has 5 nitrogen and oxygen atoms in total. The number of nitrogens with one attached hydrogen (secondary N) is 1. The molecule has 15 heavy (non-hydrogen) atoms. The van der Waals surface area contributed by atoms with Gasteiger partial charge in [0, 0.05) is 12.8 Å². The number of hydrogen-bond acceptors (Lipinski definition) is 4. The maximum absolute atomic E-state index is 11.2. The minimum Gasteiger partial charge on any atom is -0.463 e. The summed E-state index contributed by atoms with van der Waals surface area (Å²) in [6.07, 6.45) is 4.59. The van der Waals surface area contributed by atoms with Crippen LogP contribution in [0.2, 0.25) is 0 Å². The molecule has 0 aliphatic rings. The Hall–Kier alpha value is -1.39. The molecule has 0 bridgehead atoms. The summed E-state index contributed by atoms with van der Waals surface area (Å²) in [4.78, 5) is 14.1. The molecule has 1 aromatic heterocycles. The molecule has 0 aliphatic heterocycles. The van der Waals surface area contributed by atoms with E-state index in [2.05, 4.69) is 15.2 Å². The highest BCUT2D eigenvalue weighted by Crippen LogP contribution is 2.03. The Morgan fingerprint density at radius 3 is 2.93 bits per heavy atom. The first kappa shape index (κ1) is 11.7. The zero-order chi connectivity index (χ0) is 11.1. The first-order valence-electron chi connectivity index (χ1n) is 5.23. The van der Waals surface area contributed by atoms with E-state index in [1.807, 2.05) is 13.8 Å². The first-order valence-corrected chi connectivity index (χ1v) is 5.23. The lowest BCUT2D eigenvalue weighted by Gasteiger charge is -2.06. The quantitative estimate of drug-likeness (QED) is 0.571. The summed E-state index contributed by atoms with van der Waals surface area (Å²) in [6.45, 7) is 3.71. The van der Waals surface area contributed by atoms with E-state index in [1.54, 1.807) is 6.33 Å². The van der Waals surface area contributed by atoms with Crippen molar-refractivity contribution in [1.82, 2.24) is 15.2 Å². The SMILES string of the molecule is CC(C)OC(=O)CCCCc1nnc[nH]1. The molecule has 0 spiro atoms. The summed E-state index contributed by atoms with van der Waals surface area (Å²) in [7, 11) is 0. The maximum Gasteiger partial charge on any atom is 0.306 e. The van der Waals surface area contributed by atoms with Crippen molar-refractivity contribution in [3.63, 3.8) is 0 Å². The van der Waals surface area contributed by atoms with Crippen molar-refractivity contribution in [3.8, 4) is 0 Å². The van der Waals surface area contributed by atoms with Crippen LogP contribution in [0.4, 0.5) is 0 Å². The van der Waals surface area contributed by atoms with E-state index in [0.29, 0.717) is 6.42 Å². The van der Waals surface area contributed by atoms with Crippen LogP contribution in [0.3, 0.4) is 0 Å². The molecule has 0 unspecified atom stereocenters. The summed E-state index contributed by atoms with van der Waals surface area (Å²) >= 11 is 0. The van der Waals surface area contributed by atoms with E-state index in [1.165, 1.54) is 0 Å². The number of esters is 1. The Morgan fingerprint density at radius 2 is 2.33 bits per heavy atom. The van der Waals surface area contributed by atoms with Crippen molar-refractivity contribution in [2.75, 3.05) is 0 Å². The van der Waals surface area contributed by atoms with Crippen molar-refractivity contribution in [2.45, 2.75) is 45.6 Å². The van der Waals surface area contributed by atoms with Gasteiger partial charge in [-0.2, -0.15) is 0 Å². The number of carbonyl (C=O) groups is 1. The summed E-state index contributed by atoms with van der Waals surface area (Å²) in [5.74, 6) is 0.745. The fourth-order valence-electron chi connectivity index (χ4n) is 1.24. The number of nitrogens with zero attached hydrogens (tertiary/aromatic N) is 2. The second kappa shape index (κ2) is 6.16. The lowest BCUT2D eigenvalue weighted by atomic mass is 10.2. The van der Waals surface area contributed by atoms with E-state index < -0.39 is 0 Å². The number of aryl methyl sites for hydroxylation is 1. The standard InChI is InChI=1S/C10H17N3O2/c1-8(2)15-10(14)6-4-3-5-9-11-7-12-13-9/h7-8H,3-6H2,1-2H3,(H,11,12,13). The van der Waals surface area contributed by atoms with Gasteiger partial charge in [0.25, 0.3) is 0 Å². The molecule has 0 aliphatic carbocycles. The molecular weight excluding hydrogens is 194 g/mol. The maximum atomic E-state index is 11.2. The molecule has 0 radical (unpaired) electrons. The highest BCUT2D eigenvalue weighted by Gasteiger charge is 2.05. The third kappa shape index (κ3) is 5.15. The molecular formula is C10H17N3O2. The van der Waals surface area contributed by atoms with Gasteiger partial charge in [-0.05, 0) is 26.7 Å². The summed E-state index contributed by atoms with van der Waals surface area (Å²) in [6, 6.07) is 0. The fourth-order valence-corrected chi connectivity index (χ4v) is 1.24. The van der Waals surface area contributed by atoms with Crippen LogP contribution in [0.5, 0.6) is 0 Å². The van der Waals surface area contributed by atoms with Crippen LogP contribution in [-0.2, 0) is 16.0 Å². The van der Waals surface area contributed by atoms with Gasteiger partial charge < -0.3 is 9.72 Å². The van der Waals surface area contributed by atoms with Gasteiger partial charge in [-0.15, -0.1) is 10.2 Å². The third-order valence-electron chi connectivity index (χ3n) is 1.88. The largest absolute Gasteiger partial charge is 0.463 e. The normalized spacial score (nSPS) is 10.6. The number of rotatable bonds is 6. The van der Waals surface area contributed by atoms with E-state index in [4.69, 9.17) is 4.74 Å². The minimum absolute atomic E-state index is 0.0215. The second-order valence-corrected chi connectivity index (χ2v) is 3.68. The molecule has 1 aromatic rings. The van der Waals surface area contributed by atoms with Crippen LogP contribution < -0.4 is 0 Å². The fraction of sp³-hybridized carbons (Fsp3) is 0.700. The number of unbranched alkanes of at least 4 members (excludes halogenated alkanes) is 1. The van der Waals surface area contributed by atoms with Crippen molar-refractivity contribution in [3.05, 3.63) is 12.2 Å². The van der Waals surface area contributed by atoms with Crippen LogP contribution in [0.1, 0.15) is 38.9 Å². The van der Waals surface area contributed by atoms with Crippen molar-refractivity contribution in [1.29, 1.82) is 0 Å². The molecule has 5 heteroatoms. The Kier molecular flexibility index (Phi) is 4.80. The molecule has 1 N–H and O–H groups in total. The zero-order valence-corrected chi connectivity index (χ0v) is 9.19. The van der Waals surface area contributed by atoms with Gasteiger partial charge in [-0.3, -0.25) is 4.79 Å². The number of H-pyrrole nitrogens is 1. The number of aromatic nitrogens is 3. The van der Waals surface area contributed by atoms with E-state index in [0.717, 1.165) is 25.1 Å². The summed E-state index contributed by atoms with van der Waals surface area (Å²) in [5, 5.41) is 7.54. The average molecular weight is 211 g/mol. The van der Waals surface area contributed by atoms with Gasteiger partial charge in [-0.1, -0.05) is 0 Å². The predicted octanol–water partition coefficient (Wildman–Crippen LogP) is 1.47. The van der Waals surface area contributed by atoms with Crippen LogP contribution in [-0.4, -0.2) is 27.3 Å². The van der Waals surface area contributed by atoms with Crippen LogP contribution in [0.15, 0.2) is 6.33 Å². The van der Waals surface area contributed by atoms with Gasteiger partial charge in [0.15, 0.2) is 0 Å². The molecule has 0 saturated carbocycles. The van der Waals surface area contributed by atoms with E-state index in [9.17, 15) is 4.79 Å². The monoisotopic (exact) mass is 211 g/mol. The Morgan fingerprint density at radius 1 is 1.53 bits per heavy atom. The molecule has 84 valence electrons. The van der Waals surface area contributed by atoms with E-state index in [-0.39, 0.29) is 12.1 Å². The first-order chi connectivity index (χ1) is 7.18. The van der Waals surface area contributed by atoms with Gasteiger partial charge in [-0.25, -0.2) is 0 Å². The highest BCUT2D eigenvalue weighted by molar-refractivity contribution is 5.69. The van der Waals surface area contributed by atoms with Crippen molar-refractivity contribution < 1.29 is 9.53 Å². The summed E-state index contributed by atoms with van der Waals surface area (Å²) < 4.78 is 5.01. The van der Waals surface area contributed by atoms with Crippen LogP contribution in [0.25, 0.3) is 0 Å². The Balaban J connectivity index is 2.04. The Labute approximate surface area is 89.2 Å². The van der Waals surface area contributed by atoms with Crippen LogP contribution in [0, 0.1) is 0 Å². The van der Waals surface area contributed by atoms with Gasteiger partial charge in [0.2, 0.25) is 0 Å². The Bertz CT molecular complexity index is 283.